The molecule has 0 aromatic carbocycles. The third-order valence-corrected chi connectivity index (χ3v) is 3.12. The first-order chi connectivity index (χ1) is 9.61. The molecule has 0 atom stereocenters. The Hall–Kier alpha value is -2.18. The monoisotopic (exact) mass is 278 g/mol. The Balaban J connectivity index is 1.93. The van der Waals surface area contributed by atoms with Gasteiger partial charge in [-0.15, -0.1) is 0 Å². The zero-order valence-corrected chi connectivity index (χ0v) is 11.7. The summed E-state index contributed by atoms with van der Waals surface area (Å²) in [6.07, 6.45) is 1.06. The summed E-state index contributed by atoms with van der Waals surface area (Å²) >= 11 is 0. The maximum Gasteiger partial charge on any atom is 0.409 e. The van der Waals surface area contributed by atoms with Crippen LogP contribution < -0.4 is 0 Å². The van der Waals surface area contributed by atoms with E-state index in [-0.39, 0.29) is 12.0 Å². The Morgan fingerprint density at radius 2 is 1.85 bits per heavy atom. The highest BCUT2D eigenvalue weighted by molar-refractivity contribution is 5.92. The van der Waals surface area contributed by atoms with Crippen LogP contribution in [0.4, 0.5) is 4.79 Å². The highest BCUT2D eigenvalue weighted by atomic mass is 16.6. The van der Waals surface area contributed by atoms with Crippen LogP contribution in [0.15, 0.2) is 12.4 Å². The van der Waals surface area contributed by atoms with E-state index in [1.807, 2.05) is 6.92 Å². The Labute approximate surface area is 117 Å². The Morgan fingerprint density at radius 1 is 1.20 bits per heavy atom. The zero-order chi connectivity index (χ0) is 14.5. The molecule has 0 saturated carbocycles. The quantitative estimate of drug-likeness (QED) is 0.796. The molecule has 108 valence electrons. The first kappa shape index (κ1) is 14.2. The second kappa shape index (κ2) is 6.31. The number of nitrogens with zero attached hydrogens (tertiary/aromatic N) is 4. The van der Waals surface area contributed by atoms with Crippen molar-refractivity contribution in [2.75, 3.05) is 32.8 Å². The number of carbonyl (C=O) groups is 2. The molecule has 1 aliphatic heterocycles. The Kier molecular flexibility index (Phi) is 4.49. The highest BCUT2D eigenvalue weighted by Crippen LogP contribution is 2.08. The van der Waals surface area contributed by atoms with E-state index < -0.39 is 0 Å². The maximum atomic E-state index is 12.3. The SMILES string of the molecule is CCOC(=O)N1CCN(C(=O)c2cc(C)ncn2)CC1. The maximum absolute atomic E-state index is 12.3. The molecule has 0 aliphatic carbocycles. The van der Waals surface area contributed by atoms with E-state index >= 15 is 0 Å². The highest BCUT2D eigenvalue weighted by Gasteiger charge is 2.26. The van der Waals surface area contributed by atoms with Crippen LogP contribution in [-0.4, -0.2) is 64.6 Å². The number of ether oxygens (including phenoxy) is 1. The van der Waals surface area contributed by atoms with Crippen LogP contribution in [-0.2, 0) is 4.74 Å². The molecule has 1 saturated heterocycles. The van der Waals surface area contributed by atoms with Crippen molar-refractivity contribution in [3.63, 3.8) is 0 Å². The first-order valence-corrected chi connectivity index (χ1v) is 6.61. The van der Waals surface area contributed by atoms with Crippen molar-refractivity contribution >= 4 is 12.0 Å². The summed E-state index contributed by atoms with van der Waals surface area (Å²) in [5.74, 6) is -0.126. The molecule has 20 heavy (non-hydrogen) atoms. The van der Waals surface area contributed by atoms with Crippen molar-refractivity contribution in [2.45, 2.75) is 13.8 Å². The van der Waals surface area contributed by atoms with E-state index in [1.165, 1.54) is 6.33 Å². The van der Waals surface area contributed by atoms with Gasteiger partial charge in [0.05, 0.1) is 6.61 Å². The van der Waals surface area contributed by atoms with Gasteiger partial charge in [0.1, 0.15) is 12.0 Å². The fraction of sp³-hybridized carbons (Fsp3) is 0.538. The second-order valence-corrected chi connectivity index (χ2v) is 4.52. The average Bonchev–Trinajstić information content (AvgIpc) is 2.47. The molecule has 1 aromatic heterocycles. The molecular weight excluding hydrogens is 260 g/mol. The molecule has 7 nitrogen and oxygen atoms in total. The van der Waals surface area contributed by atoms with Crippen LogP contribution in [0, 0.1) is 6.92 Å². The molecule has 2 amide bonds. The van der Waals surface area contributed by atoms with Gasteiger partial charge in [0, 0.05) is 31.9 Å². The lowest BCUT2D eigenvalue weighted by atomic mass is 10.2. The molecule has 1 aliphatic rings. The lowest BCUT2D eigenvalue weighted by Crippen LogP contribution is -2.50. The summed E-state index contributed by atoms with van der Waals surface area (Å²) in [6.45, 7) is 5.88. The Morgan fingerprint density at radius 3 is 2.45 bits per heavy atom. The fourth-order valence-corrected chi connectivity index (χ4v) is 2.04. The van der Waals surface area contributed by atoms with Gasteiger partial charge in [0.2, 0.25) is 0 Å². The van der Waals surface area contributed by atoms with Crippen molar-refractivity contribution in [3.8, 4) is 0 Å². The Bertz CT molecular complexity index is 498. The molecular formula is C13H18N4O3. The summed E-state index contributed by atoms with van der Waals surface area (Å²) < 4.78 is 4.94. The third kappa shape index (κ3) is 3.23. The van der Waals surface area contributed by atoms with Gasteiger partial charge in [-0.2, -0.15) is 0 Å². The largest absolute Gasteiger partial charge is 0.450 e. The van der Waals surface area contributed by atoms with Gasteiger partial charge in [0.25, 0.3) is 5.91 Å². The van der Waals surface area contributed by atoms with Crippen LogP contribution in [0.1, 0.15) is 23.1 Å². The number of hydrogen-bond acceptors (Lipinski definition) is 5. The van der Waals surface area contributed by atoms with Crippen LogP contribution in [0.3, 0.4) is 0 Å². The van der Waals surface area contributed by atoms with Crippen molar-refractivity contribution in [2.24, 2.45) is 0 Å². The van der Waals surface area contributed by atoms with Gasteiger partial charge >= 0.3 is 6.09 Å². The molecule has 2 heterocycles. The van der Waals surface area contributed by atoms with E-state index in [0.29, 0.717) is 38.5 Å². The van der Waals surface area contributed by atoms with Gasteiger partial charge in [-0.1, -0.05) is 0 Å². The topological polar surface area (TPSA) is 75.6 Å². The molecule has 0 bridgehead atoms. The van der Waals surface area contributed by atoms with Crippen LogP contribution in [0.5, 0.6) is 0 Å². The minimum absolute atomic E-state index is 0.126. The second-order valence-electron chi connectivity index (χ2n) is 4.52. The number of aryl methyl sites for hydroxylation is 1. The van der Waals surface area contributed by atoms with Gasteiger partial charge in [-0.25, -0.2) is 14.8 Å². The van der Waals surface area contributed by atoms with Crippen molar-refractivity contribution < 1.29 is 14.3 Å². The predicted octanol–water partition coefficient (Wildman–Crippen LogP) is 0.699. The normalized spacial score (nSPS) is 15.1. The number of hydrogen-bond donors (Lipinski definition) is 0. The number of piperazine rings is 1. The van der Waals surface area contributed by atoms with Gasteiger partial charge in [-0.3, -0.25) is 4.79 Å². The third-order valence-electron chi connectivity index (χ3n) is 3.12. The van der Waals surface area contributed by atoms with Crippen LogP contribution in [0.2, 0.25) is 0 Å². The molecule has 0 radical (unpaired) electrons. The average molecular weight is 278 g/mol. The lowest BCUT2D eigenvalue weighted by Gasteiger charge is -2.33. The molecule has 1 aromatic rings. The molecule has 2 rings (SSSR count). The summed E-state index contributed by atoms with van der Waals surface area (Å²) in [5, 5.41) is 0. The molecule has 0 spiro atoms. The standard InChI is InChI=1S/C13H18N4O3/c1-3-20-13(19)17-6-4-16(5-7-17)12(18)11-8-10(2)14-9-15-11/h8-9H,3-7H2,1-2H3. The minimum Gasteiger partial charge on any atom is -0.450 e. The van der Waals surface area contributed by atoms with Crippen molar-refractivity contribution in [1.82, 2.24) is 19.8 Å². The van der Waals surface area contributed by atoms with Crippen LogP contribution in [0.25, 0.3) is 0 Å². The van der Waals surface area contributed by atoms with E-state index in [4.69, 9.17) is 4.74 Å². The number of amides is 2. The predicted molar refractivity (Wildman–Crippen MR) is 71.3 cm³/mol. The molecule has 7 heteroatoms. The smallest absolute Gasteiger partial charge is 0.409 e. The molecule has 1 fully saturated rings. The lowest BCUT2D eigenvalue weighted by molar-refractivity contribution is 0.0565. The number of rotatable bonds is 2. The summed E-state index contributed by atoms with van der Waals surface area (Å²) in [6, 6.07) is 1.67. The molecule has 0 N–H and O–H groups in total. The summed E-state index contributed by atoms with van der Waals surface area (Å²) in [7, 11) is 0. The van der Waals surface area contributed by atoms with Crippen LogP contribution >= 0.6 is 0 Å². The fourth-order valence-electron chi connectivity index (χ4n) is 2.04. The zero-order valence-electron chi connectivity index (χ0n) is 11.7. The van der Waals surface area contributed by atoms with E-state index in [2.05, 4.69) is 9.97 Å². The number of carbonyl (C=O) groups excluding carboxylic acids is 2. The van der Waals surface area contributed by atoms with Gasteiger partial charge in [0.15, 0.2) is 0 Å². The van der Waals surface area contributed by atoms with Crippen molar-refractivity contribution in [3.05, 3.63) is 23.8 Å². The first-order valence-electron chi connectivity index (χ1n) is 6.61. The van der Waals surface area contributed by atoms with Gasteiger partial charge in [-0.05, 0) is 19.9 Å². The number of aromatic nitrogens is 2. The van der Waals surface area contributed by atoms with Crippen molar-refractivity contribution in [1.29, 1.82) is 0 Å². The summed E-state index contributed by atoms with van der Waals surface area (Å²) in [5.41, 5.74) is 1.15. The minimum atomic E-state index is -0.322. The van der Waals surface area contributed by atoms with E-state index in [9.17, 15) is 9.59 Å². The molecule has 0 unspecified atom stereocenters. The van der Waals surface area contributed by atoms with E-state index in [0.717, 1.165) is 5.69 Å². The van der Waals surface area contributed by atoms with E-state index in [1.54, 1.807) is 22.8 Å². The summed E-state index contributed by atoms with van der Waals surface area (Å²) in [4.78, 5) is 35.1. The van der Waals surface area contributed by atoms with Gasteiger partial charge < -0.3 is 14.5 Å².